The maximum Gasteiger partial charge on any atom is 0.333 e. The Morgan fingerprint density at radius 2 is 1.78 bits per heavy atom. The van der Waals surface area contributed by atoms with Crippen LogP contribution in [0.25, 0.3) is 16.9 Å². The Balaban J connectivity index is 1.54. The highest BCUT2D eigenvalue weighted by atomic mass is 16.5. The normalized spacial score (nSPS) is 11.2. The van der Waals surface area contributed by atoms with Crippen molar-refractivity contribution >= 4 is 22.8 Å². The fraction of sp³-hybridized carbons (Fsp3) is 0.192. The number of nitrogens with one attached hydrogen (secondary N) is 1. The Bertz CT molecular complexity index is 1650. The molecule has 0 aliphatic heterocycles. The maximum absolute atomic E-state index is 13.5. The molecule has 1 amide bonds. The molecule has 5 rings (SSSR count). The molecular weight excluding hydrogens is 474 g/mol. The van der Waals surface area contributed by atoms with Gasteiger partial charge in [-0.05, 0) is 23.8 Å². The summed E-state index contributed by atoms with van der Waals surface area (Å²) in [5, 5.41) is 7.03. The van der Waals surface area contributed by atoms with Crippen molar-refractivity contribution in [3.05, 3.63) is 106 Å². The number of benzene rings is 2. The summed E-state index contributed by atoms with van der Waals surface area (Å²) < 4.78 is 10.8. The van der Waals surface area contributed by atoms with Gasteiger partial charge < -0.3 is 14.6 Å². The molecule has 2 aromatic carbocycles. The van der Waals surface area contributed by atoms with Crippen LogP contribution in [0.1, 0.15) is 5.56 Å². The number of amides is 1. The molecule has 1 N–H and O–H groups in total. The minimum Gasteiger partial charge on any atom is -0.383 e. The Labute approximate surface area is 211 Å². The number of ether oxygens (including phenoxy) is 1. The van der Waals surface area contributed by atoms with Crippen molar-refractivity contribution in [1.82, 2.24) is 28.5 Å². The highest BCUT2D eigenvalue weighted by Gasteiger charge is 2.20. The standard InChI is InChI=1S/C26H25N7O4/c1-37-15-14-30-18-27-24-23(30)25(35)32(26(36)31(24)16-19-8-3-2-4-9-19)17-22(34)29-20-10-5-6-11-21(20)33-13-7-12-28-33/h2-13,18H,14-17H2,1H3,(H,29,34). The summed E-state index contributed by atoms with van der Waals surface area (Å²) in [7, 11) is 1.56. The van der Waals surface area contributed by atoms with Crippen LogP contribution < -0.4 is 16.6 Å². The third-order valence-electron chi connectivity index (χ3n) is 5.93. The van der Waals surface area contributed by atoms with E-state index >= 15 is 0 Å². The number of carbonyl (C=O) groups excluding carboxylic acids is 1. The van der Waals surface area contributed by atoms with Gasteiger partial charge in [-0.25, -0.2) is 19.0 Å². The molecule has 0 spiro atoms. The molecule has 0 unspecified atom stereocenters. The van der Waals surface area contributed by atoms with Crippen molar-refractivity contribution < 1.29 is 9.53 Å². The summed E-state index contributed by atoms with van der Waals surface area (Å²) in [6.07, 6.45) is 4.90. The zero-order valence-corrected chi connectivity index (χ0v) is 20.2. The highest BCUT2D eigenvalue weighted by molar-refractivity contribution is 5.92. The molecule has 0 radical (unpaired) electrons. The van der Waals surface area contributed by atoms with Gasteiger partial charge in [0.2, 0.25) is 5.91 Å². The molecular formula is C26H25N7O4. The largest absolute Gasteiger partial charge is 0.383 e. The fourth-order valence-electron chi connectivity index (χ4n) is 4.17. The van der Waals surface area contributed by atoms with Crippen molar-refractivity contribution in [3.8, 4) is 5.69 Å². The van der Waals surface area contributed by atoms with Gasteiger partial charge in [0.25, 0.3) is 5.56 Å². The Morgan fingerprint density at radius 1 is 1.00 bits per heavy atom. The van der Waals surface area contributed by atoms with Gasteiger partial charge in [0, 0.05) is 26.0 Å². The quantitative estimate of drug-likeness (QED) is 0.331. The molecule has 11 heteroatoms. The number of rotatable bonds is 9. The van der Waals surface area contributed by atoms with Gasteiger partial charge in [-0.3, -0.25) is 14.2 Å². The number of imidazole rings is 1. The van der Waals surface area contributed by atoms with E-state index in [-0.39, 0.29) is 17.7 Å². The molecule has 0 fully saturated rings. The number of nitrogens with zero attached hydrogens (tertiary/aromatic N) is 6. The predicted octanol–water partition coefficient (Wildman–Crippen LogP) is 1.88. The van der Waals surface area contributed by atoms with Crippen LogP contribution in [0.3, 0.4) is 0 Å². The number of fused-ring (bicyclic) bond motifs is 1. The fourth-order valence-corrected chi connectivity index (χ4v) is 4.17. The summed E-state index contributed by atoms with van der Waals surface area (Å²) in [4.78, 5) is 44.5. The first kappa shape index (κ1) is 23.9. The first-order valence-corrected chi connectivity index (χ1v) is 11.7. The van der Waals surface area contributed by atoms with Crippen molar-refractivity contribution in [3.63, 3.8) is 0 Å². The molecule has 0 aliphatic carbocycles. The lowest BCUT2D eigenvalue weighted by molar-refractivity contribution is -0.116. The second-order valence-electron chi connectivity index (χ2n) is 8.36. The molecule has 37 heavy (non-hydrogen) atoms. The maximum atomic E-state index is 13.5. The minimum atomic E-state index is -0.617. The topological polar surface area (TPSA) is 118 Å². The van der Waals surface area contributed by atoms with Crippen molar-refractivity contribution in [2.75, 3.05) is 19.0 Å². The average Bonchev–Trinajstić information content (AvgIpc) is 3.59. The number of para-hydroxylation sites is 2. The van der Waals surface area contributed by atoms with Crippen molar-refractivity contribution in [2.45, 2.75) is 19.6 Å². The number of methoxy groups -OCH3 is 1. The van der Waals surface area contributed by atoms with Gasteiger partial charge in [-0.15, -0.1) is 0 Å². The van der Waals surface area contributed by atoms with E-state index in [0.717, 1.165) is 10.1 Å². The first-order chi connectivity index (χ1) is 18.1. The SMILES string of the molecule is COCCn1cnc2c1c(=O)n(CC(=O)Nc1ccccc1-n1cccn1)c(=O)n2Cc1ccccc1. The molecule has 11 nitrogen and oxygen atoms in total. The molecule has 0 bridgehead atoms. The van der Waals surface area contributed by atoms with E-state index in [1.807, 2.05) is 42.5 Å². The molecule has 5 aromatic rings. The van der Waals surface area contributed by atoms with Crippen molar-refractivity contribution in [1.29, 1.82) is 0 Å². The number of carbonyl (C=O) groups is 1. The molecule has 3 aromatic heterocycles. The summed E-state index contributed by atoms with van der Waals surface area (Å²) in [6, 6.07) is 18.3. The monoisotopic (exact) mass is 499 g/mol. The van der Waals surface area contributed by atoms with Crippen LogP contribution in [0.5, 0.6) is 0 Å². The second-order valence-corrected chi connectivity index (χ2v) is 8.36. The first-order valence-electron chi connectivity index (χ1n) is 11.7. The van der Waals surface area contributed by atoms with Crippen LogP contribution in [0, 0.1) is 0 Å². The molecule has 0 saturated carbocycles. The lowest BCUT2D eigenvalue weighted by atomic mass is 10.2. The van der Waals surface area contributed by atoms with Crippen LogP contribution in [0.15, 0.2) is 89.0 Å². The van der Waals surface area contributed by atoms with Crippen LogP contribution in [0.4, 0.5) is 5.69 Å². The summed E-state index contributed by atoms with van der Waals surface area (Å²) in [6.45, 7) is 0.454. The van der Waals surface area contributed by atoms with E-state index in [2.05, 4.69) is 15.4 Å². The second kappa shape index (κ2) is 10.5. The van der Waals surface area contributed by atoms with Gasteiger partial charge in [-0.2, -0.15) is 5.10 Å². The molecule has 3 heterocycles. The molecule has 0 saturated heterocycles. The van der Waals surface area contributed by atoms with E-state index in [4.69, 9.17) is 4.74 Å². The Kier molecular flexibility index (Phi) is 6.77. The average molecular weight is 500 g/mol. The van der Waals surface area contributed by atoms with Crippen molar-refractivity contribution in [2.24, 2.45) is 0 Å². The van der Waals surface area contributed by atoms with Gasteiger partial charge in [0.05, 0.1) is 30.9 Å². The van der Waals surface area contributed by atoms with Crippen LogP contribution in [0.2, 0.25) is 0 Å². The number of anilines is 1. The summed E-state index contributed by atoms with van der Waals surface area (Å²) >= 11 is 0. The summed E-state index contributed by atoms with van der Waals surface area (Å²) in [5.74, 6) is -0.521. The number of aromatic nitrogens is 6. The van der Waals surface area contributed by atoms with Crippen LogP contribution >= 0.6 is 0 Å². The van der Waals surface area contributed by atoms with E-state index in [1.54, 1.807) is 47.0 Å². The summed E-state index contributed by atoms with van der Waals surface area (Å²) in [5.41, 5.74) is 1.30. The zero-order chi connectivity index (χ0) is 25.8. The third kappa shape index (κ3) is 4.84. The Hall–Kier alpha value is -4.77. The molecule has 188 valence electrons. The molecule has 0 atom stereocenters. The number of hydrogen-bond donors (Lipinski definition) is 1. The van der Waals surface area contributed by atoms with Crippen LogP contribution in [-0.4, -0.2) is 48.1 Å². The smallest absolute Gasteiger partial charge is 0.333 e. The zero-order valence-electron chi connectivity index (χ0n) is 20.2. The Morgan fingerprint density at radius 3 is 2.54 bits per heavy atom. The van der Waals surface area contributed by atoms with E-state index in [0.29, 0.717) is 24.5 Å². The predicted molar refractivity (Wildman–Crippen MR) is 138 cm³/mol. The lowest BCUT2D eigenvalue weighted by Crippen LogP contribution is -2.43. The van der Waals surface area contributed by atoms with Crippen LogP contribution in [-0.2, 0) is 29.2 Å². The van der Waals surface area contributed by atoms with E-state index in [9.17, 15) is 14.4 Å². The molecule has 0 aliphatic rings. The van der Waals surface area contributed by atoms with Gasteiger partial charge in [-0.1, -0.05) is 42.5 Å². The van der Waals surface area contributed by atoms with E-state index in [1.165, 1.54) is 10.9 Å². The van der Waals surface area contributed by atoms with Gasteiger partial charge in [0.1, 0.15) is 6.54 Å². The number of hydrogen-bond acceptors (Lipinski definition) is 6. The van der Waals surface area contributed by atoms with Gasteiger partial charge >= 0.3 is 5.69 Å². The highest BCUT2D eigenvalue weighted by Crippen LogP contribution is 2.19. The van der Waals surface area contributed by atoms with E-state index < -0.39 is 23.7 Å². The minimum absolute atomic E-state index is 0.196. The lowest BCUT2D eigenvalue weighted by Gasteiger charge is -2.14. The van der Waals surface area contributed by atoms with Gasteiger partial charge in [0.15, 0.2) is 11.2 Å². The third-order valence-corrected chi connectivity index (χ3v) is 5.93.